The Morgan fingerprint density at radius 3 is 2.86 bits per heavy atom. The number of methoxy groups -OCH3 is 1. The molecule has 28 heavy (non-hydrogen) atoms. The molecule has 0 spiro atoms. The van der Waals surface area contributed by atoms with E-state index in [4.69, 9.17) is 4.74 Å². The van der Waals surface area contributed by atoms with Crippen LogP contribution in [0.25, 0.3) is 0 Å². The fourth-order valence-electron chi connectivity index (χ4n) is 4.08. The quantitative estimate of drug-likeness (QED) is 0.862. The van der Waals surface area contributed by atoms with Crippen molar-refractivity contribution in [3.8, 4) is 5.88 Å². The summed E-state index contributed by atoms with van der Waals surface area (Å²) < 4.78 is 5.42. The van der Waals surface area contributed by atoms with Gasteiger partial charge in [-0.2, -0.15) is 0 Å². The predicted molar refractivity (Wildman–Crippen MR) is 103 cm³/mol. The van der Waals surface area contributed by atoms with E-state index >= 15 is 0 Å². The minimum atomic E-state index is -0.216. The van der Waals surface area contributed by atoms with Gasteiger partial charge < -0.3 is 15.0 Å². The third-order valence-corrected chi connectivity index (χ3v) is 5.60. The minimum Gasteiger partial charge on any atom is -0.481 e. The molecule has 0 aromatic carbocycles. The lowest BCUT2D eigenvalue weighted by Gasteiger charge is -2.22. The number of carbonyl (C=O) groups is 2. The van der Waals surface area contributed by atoms with Crippen molar-refractivity contribution in [3.63, 3.8) is 0 Å². The Balaban J connectivity index is 1.53. The van der Waals surface area contributed by atoms with Crippen molar-refractivity contribution in [3.05, 3.63) is 52.5 Å². The summed E-state index contributed by atoms with van der Waals surface area (Å²) in [5, 5.41) is 2.88. The number of rotatable bonds is 5. The van der Waals surface area contributed by atoms with Gasteiger partial charge in [0.1, 0.15) is 0 Å². The number of ether oxygens (including phenoxy) is 1. The topological polar surface area (TPSA) is 84.4 Å². The summed E-state index contributed by atoms with van der Waals surface area (Å²) in [6.07, 6.45) is 6.12. The van der Waals surface area contributed by atoms with E-state index in [1.165, 1.54) is 12.8 Å². The molecule has 3 heterocycles. The van der Waals surface area contributed by atoms with Gasteiger partial charge in [-0.05, 0) is 38.0 Å². The largest absolute Gasteiger partial charge is 0.481 e. The molecule has 1 aliphatic carbocycles. The number of fused-ring (bicyclic) bond motifs is 1. The molecule has 7 heteroatoms. The van der Waals surface area contributed by atoms with Crippen molar-refractivity contribution in [1.29, 1.82) is 0 Å². The SMILES string of the molecule is COc1nc2c(cc1CNC(=O)c1cccnc1C)C(=O)N(C1CCCC1)C2. The van der Waals surface area contributed by atoms with Gasteiger partial charge in [-0.25, -0.2) is 4.98 Å². The molecule has 2 aliphatic rings. The Hall–Kier alpha value is -2.96. The molecular formula is C21H24N4O3. The van der Waals surface area contributed by atoms with Crippen LogP contribution in [0.3, 0.4) is 0 Å². The fourth-order valence-corrected chi connectivity index (χ4v) is 4.08. The summed E-state index contributed by atoms with van der Waals surface area (Å²) in [7, 11) is 1.55. The van der Waals surface area contributed by atoms with E-state index in [0.29, 0.717) is 40.9 Å². The first-order valence-electron chi connectivity index (χ1n) is 9.66. The van der Waals surface area contributed by atoms with E-state index in [9.17, 15) is 9.59 Å². The van der Waals surface area contributed by atoms with Gasteiger partial charge in [-0.15, -0.1) is 0 Å². The highest BCUT2D eigenvalue weighted by Crippen LogP contribution is 2.33. The Morgan fingerprint density at radius 1 is 1.36 bits per heavy atom. The van der Waals surface area contributed by atoms with E-state index in [2.05, 4.69) is 15.3 Å². The minimum absolute atomic E-state index is 0.0349. The molecule has 0 radical (unpaired) electrons. The standard InChI is InChI=1S/C21H24N4O3/c1-13-16(8-5-9-22-13)19(26)23-11-14-10-17-18(24-20(14)28-2)12-25(21(17)27)15-6-3-4-7-15/h5,8-10,15H,3-4,6-7,11-12H2,1-2H3,(H,23,26). The second kappa shape index (κ2) is 7.58. The molecular weight excluding hydrogens is 356 g/mol. The summed E-state index contributed by atoms with van der Waals surface area (Å²) in [5.41, 5.74) is 3.26. The Labute approximate surface area is 164 Å². The van der Waals surface area contributed by atoms with Crippen LogP contribution in [0.2, 0.25) is 0 Å². The van der Waals surface area contributed by atoms with Gasteiger partial charge in [0.05, 0.1) is 30.5 Å². The smallest absolute Gasteiger partial charge is 0.256 e. The summed E-state index contributed by atoms with van der Waals surface area (Å²) in [5.74, 6) is 0.267. The zero-order chi connectivity index (χ0) is 19.7. The van der Waals surface area contributed by atoms with E-state index < -0.39 is 0 Å². The van der Waals surface area contributed by atoms with Gasteiger partial charge in [0.15, 0.2) is 0 Å². The van der Waals surface area contributed by atoms with Crippen LogP contribution in [0.1, 0.15) is 63.4 Å². The number of aryl methyl sites for hydroxylation is 1. The number of pyridine rings is 2. The Bertz CT molecular complexity index is 922. The lowest BCUT2D eigenvalue weighted by atomic mass is 10.1. The van der Waals surface area contributed by atoms with Gasteiger partial charge in [-0.3, -0.25) is 14.6 Å². The molecule has 0 bridgehead atoms. The summed E-state index contributed by atoms with van der Waals surface area (Å²) >= 11 is 0. The molecule has 1 saturated carbocycles. The highest BCUT2D eigenvalue weighted by Gasteiger charge is 2.35. The summed E-state index contributed by atoms with van der Waals surface area (Å²) in [6.45, 7) is 2.56. The van der Waals surface area contributed by atoms with Crippen molar-refractivity contribution >= 4 is 11.8 Å². The zero-order valence-electron chi connectivity index (χ0n) is 16.2. The van der Waals surface area contributed by atoms with Crippen LogP contribution in [0.5, 0.6) is 5.88 Å². The molecule has 0 unspecified atom stereocenters. The van der Waals surface area contributed by atoms with Crippen molar-refractivity contribution in [2.45, 2.75) is 51.7 Å². The van der Waals surface area contributed by atoms with Crippen LogP contribution in [-0.2, 0) is 13.1 Å². The summed E-state index contributed by atoms with van der Waals surface area (Å²) in [4.78, 5) is 36.0. The maximum atomic E-state index is 12.9. The average Bonchev–Trinajstić information content (AvgIpc) is 3.34. The molecule has 0 atom stereocenters. The number of amides is 2. The van der Waals surface area contributed by atoms with Crippen molar-refractivity contribution < 1.29 is 14.3 Å². The first kappa shape index (κ1) is 18.4. The number of hydrogen-bond acceptors (Lipinski definition) is 5. The van der Waals surface area contributed by atoms with Crippen LogP contribution in [0.15, 0.2) is 24.4 Å². The van der Waals surface area contributed by atoms with Gasteiger partial charge in [0.2, 0.25) is 5.88 Å². The third kappa shape index (κ3) is 3.32. The second-order valence-corrected chi connectivity index (χ2v) is 7.34. The molecule has 146 valence electrons. The monoisotopic (exact) mass is 380 g/mol. The lowest BCUT2D eigenvalue weighted by molar-refractivity contribution is 0.0706. The molecule has 0 saturated heterocycles. The number of hydrogen-bond donors (Lipinski definition) is 1. The maximum Gasteiger partial charge on any atom is 0.256 e. The number of nitrogens with one attached hydrogen (secondary N) is 1. The Kier molecular flexibility index (Phi) is 4.98. The summed E-state index contributed by atoms with van der Waals surface area (Å²) in [6, 6.07) is 5.59. The van der Waals surface area contributed by atoms with Gasteiger partial charge >= 0.3 is 0 Å². The molecule has 2 aromatic rings. The molecule has 2 aromatic heterocycles. The lowest BCUT2D eigenvalue weighted by Crippen LogP contribution is -2.33. The van der Waals surface area contributed by atoms with Crippen molar-refractivity contribution in [2.75, 3.05) is 7.11 Å². The molecule has 1 fully saturated rings. The van der Waals surface area contributed by atoms with Crippen molar-refractivity contribution in [1.82, 2.24) is 20.2 Å². The highest BCUT2D eigenvalue weighted by atomic mass is 16.5. The fraction of sp³-hybridized carbons (Fsp3) is 0.429. The molecule has 7 nitrogen and oxygen atoms in total. The van der Waals surface area contributed by atoms with Crippen LogP contribution in [-0.4, -0.2) is 39.8 Å². The average molecular weight is 380 g/mol. The number of carbonyl (C=O) groups excluding carboxylic acids is 2. The predicted octanol–water partition coefficient (Wildman–Crippen LogP) is 2.62. The van der Waals surface area contributed by atoms with E-state index in [0.717, 1.165) is 18.5 Å². The van der Waals surface area contributed by atoms with Crippen LogP contribution < -0.4 is 10.1 Å². The zero-order valence-corrected chi connectivity index (χ0v) is 16.2. The van der Waals surface area contributed by atoms with Crippen LogP contribution in [0.4, 0.5) is 0 Å². The number of nitrogens with zero attached hydrogens (tertiary/aromatic N) is 3. The second-order valence-electron chi connectivity index (χ2n) is 7.34. The van der Waals surface area contributed by atoms with Crippen molar-refractivity contribution in [2.24, 2.45) is 0 Å². The maximum absolute atomic E-state index is 12.9. The molecule has 1 N–H and O–H groups in total. The first-order valence-corrected chi connectivity index (χ1v) is 9.66. The Morgan fingerprint density at radius 2 is 2.14 bits per heavy atom. The normalized spacial score (nSPS) is 16.4. The third-order valence-electron chi connectivity index (χ3n) is 5.60. The first-order chi connectivity index (χ1) is 13.6. The van der Waals surface area contributed by atoms with Crippen LogP contribution in [0, 0.1) is 6.92 Å². The molecule has 2 amide bonds. The molecule has 4 rings (SSSR count). The van der Waals surface area contributed by atoms with E-state index in [1.807, 2.05) is 11.0 Å². The van der Waals surface area contributed by atoms with E-state index in [1.54, 1.807) is 32.4 Å². The molecule has 1 aliphatic heterocycles. The van der Waals surface area contributed by atoms with E-state index in [-0.39, 0.29) is 18.4 Å². The van der Waals surface area contributed by atoms with Gasteiger partial charge in [-0.1, -0.05) is 12.8 Å². The van der Waals surface area contributed by atoms with Crippen LogP contribution >= 0.6 is 0 Å². The van der Waals surface area contributed by atoms with Gasteiger partial charge in [0, 0.05) is 30.0 Å². The van der Waals surface area contributed by atoms with Gasteiger partial charge in [0.25, 0.3) is 11.8 Å². The highest BCUT2D eigenvalue weighted by molar-refractivity contribution is 5.98. The number of aromatic nitrogens is 2.